The van der Waals surface area contributed by atoms with Gasteiger partial charge in [0, 0.05) is 0 Å². The SMILES string of the molecule is Cc1ccc(N=N[C@H](C2=NC(=O)CS2)c2nc3ccccc3[nH]2)cc1. The van der Waals surface area contributed by atoms with Crippen LogP contribution in [0.3, 0.4) is 0 Å². The van der Waals surface area contributed by atoms with Gasteiger partial charge < -0.3 is 4.98 Å². The van der Waals surface area contributed by atoms with Gasteiger partial charge in [0.15, 0.2) is 6.04 Å². The number of aliphatic imine (C=N–C) groups is 1. The van der Waals surface area contributed by atoms with Gasteiger partial charge in [0.25, 0.3) is 5.91 Å². The number of amides is 1. The van der Waals surface area contributed by atoms with Crippen molar-refractivity contribution >= 4 is 39.4 Å². The molecule has 7 heteroatoms. The standard InChI is InChI=1S/C18H15N5OS/c1-11-6-8-12(9-7-11)22-23-16(18-21-15(24)10-25-18)17-19-13-4-2-3-5-14(13)20-17/h2-9,16H,10H2,1H3,(H,19,20)/t16-/m0/s1. The predicted molar refractivity (Wildman–Crippen MR) is 99.4 cm³/mol. The lowest BCUT2D eigenvalue weighted by Crippen LogP contribution is -2.06. The van der Waals surface area contributed by atoms with Gasteiger partial charge in [-0.15, -0.1) is 0 Å². The van der Waals surface area contributed by atoms with Gasteiger partial charge in [-0.05, 0) is 31.2 Å². The number of azo groups is 1. The number of carbonyl (C=O) groups is 1. The highest BCUT2D eigenvalue weighted by Crippen LogP contribution is 2.30. The summed E-state index contributed by atoms with van der Waals surface area (Å²) in [4.78, 5) is 23.5. The van der Waals surface area contributed by atoms with E-state index in [4.69, 9.17) is 0 Å². The topological polar surface area (TPSA) is 82.8 Å². The van der Waals surface area contributed by atoms with Crippen LogP contribution < -0.4 is 0 Å². The zero-order chi connectivity index (χ0) is 17.2. The van der Waals surface area contributed by atoms with E-state index in [2.05, 4.69) is 25.2 Å². The first-order chi connectivity index (χ1) is 12.2. The second-order valence-electron chi connectivity index (χ2n) is 5.73. The summed E-state index contributed by atoms with van der Waals surface area (Å²) in [5, 5.41) is 9.38. The van der Waals surface area contributed by atoms with Crippen LogP contribution in [0.5, 0.6) is 0 Å². The Morgan fingerprint density at radius 3 is 2.68 bits per heavy atom. The van der Waals surface area contributed by atoms with Crippen LogP contribution >= 0.6 is 11.8 Å². The summed E-state index contributed by atoms with van der Waals surface area (Å²) in [5.41, 5.74) is 3.68. The van der Waals surface area contributed by atoms with Crippen LogP contribution in [-0.4, -0.2) is 26.7 Å². The Kier molecular flexibility index (Phi) is 4.15. The third-order valence-corrected chi connectivity index (χ3v) is 4.80. The fourth-order valence-electron chi connectivity index (χ4n) is 2.52. The molecule has 1 aliphatic heterocycles. The summed E-state index contributed by atoms with van der Waals surface area (Å²) in [7, 11) is 0. The number of imidazole rings is 1. The molecule has 25 heavy (non-hydrogen) atoms. The molecule has 0 saturated heterocycles. The van der Waals surface area contributed by atoms with Crippen LogP contribution in [0.4, 0.5) is 5.69 Å². The number of aromatic nitrogens is 2. The van der Waals surface area contributed by atoms with Crippen LogP contribution in [0.2, 0.25) is 0 Å². The van der Waals surface area contributed by atoms with Gasteiger partial charge in [0.05, 0.1) is 22.5 Å². The minimum atomic E-state index is -0.509. The van der Waals surface area contributed by atoms with Gasteiger partial charge in [0.1, 0.15) is 10.9 Å². The zero-order valence-corrected chi connectivity index (χ0v) is 14.3. The zero-order valence-electron chi connectivity index (χ0n) is 13.5. The molecular formula is C18H15N5OS. The average Bonchev–Trinajstić information content (AvgIpc) is 3.23. The van der Waals surface area contributed by atoms with Crippen molar-refractivity contribution in [2.45, 2.75) is 13.0 Å². The Morgan fingerprint density at radius 1 is 1.16 bits per heavy atom. The van der Waals surface area contributed by atoms with Crippen molar-refractivity contribution in [3.63, 3.8) is 0 Å². The van der Waals surface area contributed by atoms with Crippen LogP contribution in [0, 0.1) is 6.92 Å². The molecule has 2 aromatic carbocycles. The molecule has 0 spiro atoms. The number of nitrogens with zero attached hydrogens (tertiary/aromatic N) is 4. The summed E-state index contributed by atoms with van der Waals surface area (Å²) >= 11 is 1.39. The number of nitrogens with one attached hydrogen (secondary N) is 1. The molecule has 1 amide bonds. The normalized spacial score (nSPS) is 15.9. The summed E-state index contributed by atoms with van der Waals surface area (Å²) in [6.07, 6.45) is 0. The molecule has 0 unspecified atom stereocenters. The summed E-state index contributed by atoms with van der Waals surface area (Å²) in [6, 6.07) is 15.0. The lowest BCUT2D eigenvalue weighted by atomic mass is 10.2. The average molecular weight is 349 g/mol. The first kappa shape index (κ1) is 15.7. The highest BCUT2D eigenvalue weighted by Gasteiger charge is 2.27. The molecule has 6 nitrogen and oxygen atoms in total. The highest BCUT2D eigenvalue weighted by molar-refractivity contribution is 8.15. The molecule has 3 aromatic rings. The fourth-order valence-corrected chi connectivity index (χ4v) is 3.34. The van der Waals surface area contributed by atoms with E-state index < -0.39 is 6.04 Å². The second-order valence-corrected chi connectivity index (χ2v) is 6.72. The lowest BCUT2D eigenvalue weighted by Gasteiger charge is -2.07. The smallest absolute Gasteiger partial charge is 0.256 e. The van der Waals surface area contributed by atoms with E-state index in [0.717, 1.165) is 22.3 Å². The number of benzene rings is 2. The van der Waals surface area contributed by atoms with Gasteiger partial charge >= 0.3 is 0 Å². The van der Waals surface area contributed by atoms with Crippen molar-refractivity contribution < 1.29 is 4.79 Å². The van der Waals surface area contributed by atoms with Crippen molar-refractivity contribution in [3.8, 4) is 0 Å². The first-order valence-corrected chi connectivity index (χ1v) is 8.84. The lowest BCUT2D eigenvalue weighted by molar-refractivity contribution is -0.115. The van der Waals surface area contributed by atoms with Crippen LogP contribution in [0.1, 0.15) is 17.4 Å². The quantitative estimate of drug-likeness (QED) is 0.710. The number of fused-ring (bicyclic) bond motifs is 1. The molecule has 1 N–H and O–H groups in total. The van der Waals surface area contributed by atoms with Gasteiger partial charge in [0.2, 0.25) is 0 Å². The monoisotopic (exact) mass is 349 g/mol. The Balaban J connectivity index is 1.72. The van der Waals surface area contributed by atoms with E-state index in [-0.39, 0.29) is 5.91 Å². The maximum atomic E-state index is 11.6. The number of hydrogen-bond donors (Lipinski definition) is 1. The van der Waals surface area contributed by atoms with Crippen molar-refractivity contribution in [2.24, 2.45) is 15.2 Å². The fraction of sp³-hybridized carbons (Fsp3) is 0.167. The highest BCUT2D eigenvalue weighted by atomic mass is 32.2. The Morgan fingerprint density at radius 2 is 1.96 bits per heavy atom. The number of carbonyl (C=O) groups excluding carboxylic acids is 1. The third kappa shape index (κ3) is 3.36. The molecule has 0 radical (unpaired) electrons. The molecule has 1 aliphatic rings. The van der Waals surface area contributed by atoms with Crippen molar-refractivity contribution in [3.05, 3.63) is 59.9 Å². The summed E-state index contributed by atoms with van der Waals surface area (Å²) in [5.74, 6) is 0.830. The molecule has 4 rings (SSSR count). The van der Waals surface area contributed by atoms with Gasteiger partial charge in [-0.2, -0.15) is 10.2 Å². The van der Waals surface area contributed by atoms with Crippen molar-refractivity contribution in [1.29, 1.82) is 0 Å². The number of hydrogen-bond acceptors (Lipinski definition) is 5. The second kappa shape index (κ2) is 6.60. The maximum absolute atomic E-state index is 11.6. The van der Waals surface area contributed by atoms with Crippen LogP contribution in [0.15, 0.2) is 63.8 Å². The minimum absolute atomic E-state index is 0.147. The number of para-hydroxylation sites is 2. The van der Waals surface area contributed by atoms with E-state index in [1.165, 1.54) is 11.8 Å². The molecule has 1 atom stereocenters. The number of rotatable bonds is 4. The first-order valence-electron chi connectivity index (χ1n) is 7.85. The molecule has 0 bridgehead atoms. The number of aryl methyl sites for hydroxylation is 1. The molecule has 1 aromatic heterocycles. The molecule has 0 aliphatic carbocycles. The van der Waals surface area contributed by atoms with Crippen molar-refractivity contribution in [2.75, 3.05) is 5.75 Å². The number of H-pyrrole nitrogens is 1. The molecule has 0 saturated carbocycles. The van der Waals surface area contributed by atoms with E-state index in [1.54, 1.807) is 0 Å². The summed E-state index contributed by atoms with van der Waals surface area (Å²) in [6.45, 7) is 2.02. The maximum Gasteiger partial charge on any atom is 0.256 e. The third-order valence-electron chi connectivity index (χ3n) is 3.80. The van der Waals surface area contributed by atoms with Gasteiger partial charge in [-0.1, -0.05) is 41.6 Å². The van der Waals surface area contributed by atoms with Crippen molar-refractivity contribution in [1.82, 2.24) is 9.97 Å². The Bertz CT molecular complexity index is 957. The van der Waals surface area contributed by atoms with E-state index >= 15 is 0 Å². The Hall–Kier alpha value is -2.80. The van der Waals surface area contributed by atoms with E-state index in [1.807, 2.05) is 55.5 Å². The molecule has 0 fully saturated rings. The van der Waals surface area contributed by atoms with Crippen LogP contribution in [0.25, 0.3) is 11.0 Å². The Labute approximate surface area is 148 Å². The molecule has 124 valence electrons. The predicted octanol–water partition coefficient (Wildman–Crippen LogP) is 4.37. The van der Waals surface area contributed by atoms with E-state index in [9.17, 15) is 4.79 Å². The van der Waals surface area contributed by atoms with E-state index in [0.29, 0.717) is 16.6 Å². The van der Waals surface area contributed by atoms with Gasteiger partial charge in [-0.3, -0.25) is 4.79 Å². The van der Waals surface area contributed by atoms with Crippen LogP contribution in [-0.2, 0) is 4.79 Å². The largest absolute Gasteiger partial charge is 0.340 e. The molecule has 2 heterocycles. The number of aromatic amines is 1. The van der Waals surface area contributed by atoms with Gasteiger partial charge in [-0.25, -0.2) is 9.98 Å². The minimum Gasteiger partial charge on any atom is -0.340 e. The number of thioether (sulfide) groups is 1. The summed E-state index contributed by atoms with van der Waals surface area (Å²) < 4.78 is 0. The molecular weight excluding hydrogens is 334 g/mol.